The highest BCUT2D eigenvalue weighted by Gasteiger charge is 2.15. The van der Waals surface area contributed by atoms with E-state index in [1.165, 1.54) is 5.56 Å². The van der Waals surface area contributed by atoms with Crippen molar-refractivity contribution >= 4 is 0 Å². The van der Waals surface area contributed by atoms with Gasteiger partial charge < -0.3 is 19.3 Å². The molecule has 5 heteroatoms. The van der Waals surface area contributed by atoms with Crippen molar-refractivity contribution in [1.82, 2.24) is 4.90 Å². The predicted octanol–water partition coefficient (Wildman–Crippen LogP) is 3.74. The molecule has 0 saturated carbocycles. The van der Waals surface area contributed by atoms with Crippen LogP contribution in [0.1, 0.15) is 25.0 Å². The van der Waals surface area contributed by atoms with E-state index >= 15 is 0 Å². The molecule has 0 aromatic heterocycles. The van der Waals surface area contributed by atoms with Crippen molar-refractivity contribution in [1.29, 1.82) is 0 Å². The van der Waals surface area contributed by atoms with Gasteiger partial charge in [0, 0.05) is 26.2 Å². The fraction of sp³-hybridized carbons (Fsp3) is 0.478. The molecule has 2 aromatic rings. The second-order valence-electron chi connectivity index (χ2n) is 7.43. The Balaban J connectivity index is 2.07. The zero-order chi connectivity index (χ0) is 20.4. The molecule has 28 heavy (non-hydrogen) atoms. The highest BCUT2D eigenvalue weighted by Crippen LogP contribution is 2.28. The summed E-state index contributed by atoms with van der Waals surface area (Å²) in [6, 6.07) is 16.2. The average molecular weight is 388 g/mol. The Morgan fingerprint density at radius 3 is 2.18 bits per heavy atom. The SMILES string of the molecule is COc1ccc(CN(Cc2ccccc2)C[C@@H](O)COCC(C)C)cc1OC. The molecule has 0 aliphatic rings. The van der Waals surface area contributed by atoms with Gasteiger partial charge in [-0.2, -0.15) is 0 Å². The van der Waals surface area contributed by atoms with E-state index in [0.717, 1.165) is 12.1 Å². The molecule has 1 N–H and O–H groups in total. The predicted molar refractivity (Wildman–Crippen MR) is 112 cm³/mol. The van der Waals surface area contributed by atoms with E-state index in [1.807, 2.05) is 36.4 Å². The second kappa shape index (κ2) is 11.7. The number of aliphatic hydroxyl groups is 1. The summed E-state index contributed by atoms with van der Waals surface area (Å²) in [5.41, 5.74) is 2.31. The van der Waals surface area contributed by atoms with Crippen LogP contribution >= 0.6 is 0 Å². The monoisotopic (exact) mass is 387 g/mol. The second-order valence-corrected chi connectivity index (χ2v) is 7.43. The Labute approximate surface area is 168 Å². The molecule has 0 aliphatic carbocycles. The molecule has 154 valence electrons. The van der Waals surface area contributed by atoms with Crippen LogP contribution in [-0.4, -0.2) is 50.1 Å². The van der Waals surface area contributed by atoms with Gasteiger partial charge in [0.25, 0.3) is 0 Å². The van der Waals surface area contributed by atoms with E-state index < -0.39 is 6.10 Å². The smallest absolute Gasteiger partial charge is 0.161 e. The lowest BCUT2D eigenvalue weighted by molar-refractivity contribution is 0.00554. The van der Waals surface area contributed by atoms with Gasteiger partial charge in [-0.3, -0.25) is 4.90 Å². The lowest BCUT2D eigenvalue weighted by Gasteiger charge is -2.26. The number of methoxy groups -OCH3 is 2. The van der Waals surface area contributed by atoms with Gasteiger partial charge in [-0.15, -0.1) is 0 Å². The van der Waals surface area contributed by atoms with E-state index in [2.05, 4.69) is 30.9 Å². The van der Waals surface area contributed by atoms with Crippen LogP contribution in [0.4, 0.5) is 0 Å². The summed E-state index contributed by atoms with van der Waals surface area (Å²) in [5.74, 6) is 1.88. The molecule has 0 fully saturated rings. The first kappa shape index (κ1) is 22.2. The van der Waals surface area contributed by atoms with E-state index in [1.54, 1.807) is 14.2 Å². The molecule has 0 radical (unpaired) electrons. The van der Waals surface area contributed by atoms with Crippen LogP contribution in [0.5, 0.6) is 11.5 Å². The summed E-state index contributed by atoms with van der Waals surface area (Å²) >= 11 is 0. The Morgan fingerprint density at radius 2 is 1.54 bits per heavy atom. The first-order valence-electron chi connectivity index (χ1n) is 9.74. The molecule has 0 spiro atoms. The van der Waals surface area contributed by atoms with Crippen LogP contribution in [-0.2, 0) is 17.8 Å². The molecule has 1 atom stereocenters. The van der Waals surface area contributed by atoms with E-state index in [-0.39, 0.29) is 0 Å². The van der Waals surface area contributed by atoms with Gasteiger partial charge >= 0.3 is 0 Å². The fourth-order valence-electron chi connectivity index (χ4n) is 3.05. The third kappa shape index (κ3) is 7.50. The largest absolute Gasteiger partial charge is 0.493 e. The molecular formula is C23H33NO4. The Kier molecular flexibility index (Phi) is 9.28. The lowest BCUT2D eigenvalue weighted by atomic mass is 10.1. The Morgan fingerprint density at radius 1 is 0.857 bits per heavy atom. The number of aliphatic hydroxyl groups excluding tert-OH is 1. The number of ether oxygens (including phenoxy) is 3. The number of rotatable bonds is 12. The van der Waals surface area contributed by atoms with Gasteiger partial charge in [0.2, 0.25) is 0 Å². The highest BCUT2D eigenvalue weighted by molar-refractivity contribution is 5.42. The summed E-state index contributed by atoms with van der Waals surface area (Å²) in [5, 5.41) is 10.5. The third-order valence-corrected chi connectivity index (χ3v) is 4.33. The van der Waals surface area contributed by atoms with Gasteiger partial charge in [-0.05, 0) is 29.2 Å². The topological polar surface area (TPSA) is 51.2 Å². The number of hydrogen-bond acceptors (Lipinski definition) is 5. The van der Waals surface area contributed by atoms with Crippen molar-refractivity contribution in [3.63, 3.8) is 0 Å². The van der Waals surface area contributed by atoms with E-state index in [9.17, 15) is 5.11 Å². The minimum absolute atomic E-state index is 0.343. The van der Waals surface area contributed by atoms with Crippen molar-refractivity contribution in [2.75, 3.05) is 34.0 Å². The van der Waals surface area contributed by atoms with Crippen molar-refractivity contribution in [3.8, 4) is 11.5 Å². The van der Waals surface area contributed by atoms with Gasteiger partial charge in [-0.1, -0.05) is 50.2 Å². The molecular weight excluding hydrogens is 354 g/mol. The normalized spacial score (nSPS) is 12.4. The number of nitrogens with zero attached hydrogens (tertiary/aromatic N) is 1. The first-order chi connectivity index (χ1) is 13.5. The molecule has 0 bridgehead atoms. The minimum atomic E-state index is -0.539. The van der Waals surface area contributed by atoms with Crippen molar-refractivity contribution in [2.45, 2.75) is 33.0 Å². The number of hydrogen-bond donors (Lipinski definition) is 1. The molecule has 2 aromatic carbocycles. The molecule has 0 amide bonds. The van der Waals surface area contributed by atoms with Crippen LogP contribution < -0.4 is 9.47 Å². The third-order valence-electron chi connectivity index (χ3n) is 4.33. The standard InChI is InChI=1S/C23H33NO4/c1-18(2)16-28-17-21(25)15-24(13-19-8-6-5-7-9-19)14-20-10-11-22(26-3)23(12-20)27-4/h5-12,18,21,25H,13-17H2,1-4H3/t21-/m1/s1. The summed E-state index contributed by atoms with van der Waals surface area (Å²) in [6.45, 7) is 7.17. The van der Waals surface area contributed by atoms with Crippen molar-refractivity contribution < 1.29 is 19.3 Å². The average Bonchev–Trinajstić information content (AvgIpc) is 2.68. The maximum Gasteiger partial charge on any atom is 0.161 e. The molecule has 0 heterocycles. The van der Waals surface area contributed by atoms with Crippen LogP contribution in [0.15, 0.2) is 48.5 Å². The molecule has 0 saturated heterocycles. The molecule has 0 aliphatic heterocycles. The van der Waals surface area contributed by atoms with Gasteiger partial charge in [0.15, 0.2) is 11.5 Å². The van der Waals surface area contributed by atoms with Crippen LogP contribution in [0, 0.1) is 5.92 Å². The molecule has 2 rings (SSSR count). The lowest BCUT2D eigenvalue weighted by Crippen LogP contribution is -2.34. The Bertz CT molecular complexity index is 690. The van der Waals surface area contributed by atoms with Crippen LogP contribution in [0.3, 0.4) is 0 Å². The zero-order valence-corrected chi connectivity index (χ0v) is 17.4. The van der Waals surface area contributed by atoms with Crippen LogP contribution in [0.2, 0.25) is 0 Å². The van der Waals surface area contributed by atoms with Crippen molar-refractivity contribution in [2.24, 2.45) is 5.92 Å². The number of benzene rings is 2. The maximum atomic E-state index is 10.5. The summed E-state index contributed by atoms with van der Waals surface area (Å²) in [6.07, 6.45) is -0.539. The van der Waals surface area contributed by atoms with E-state index in [0.29, 0.717) is 43.7 Å². The quantitative estimate of drug-likeness (QED) is 0.601. The van der Waals surface area contributed by atoms with Crippen molar-refractivity contribution in [3.05, 3.63) is 59.7 Å². The Hall–Kier alpha value is -2.08. The summed E-state index contributed by atoms with van der Waals surface area (Å²) < 4.78 is 16.4. The summed E-state index contributed by atoms with van der Waals surface area (Å²) in [4.78, 5) is 2.22. The van der Waals surface area contributed by atoms with Gasteiger partial charge in [-0.25, -0.2) is 0 Å². The first-order valence-corrected chi connectivity index (χ1v) is 9.74. The summed E-state index contributed by atoms with van der Waals surface area (Å²) in [7, 11) is 3.27. The highest BCUT2D eigenvalue weighted by atomic mass is 16.5. The van der Waals surface area contributed by atoms with Gasteiger partial charge in [0.1, 0.15) is 0 Å². The fourth-order valence-corrected chi connectivity index (χ4v) is 3.05. The van der Waals surface area contributed by atoms with Gasteiger partial charge in [0.05, 0.1) is 26.9 Å². The van der Waals surface area contributed by atoms with Crippen LogP contribution in [0.25, 0.3) is 0 Å². The molecule has 5 nitrogen and oxygen atoms in total. The zero-order valence-electron chi connectivity index (χ0n) is 17.4. The van der Waals surface area contributed by atoms with E-state index in [4.69, 9.17) is 14.2 Å². The maximum absolute atomic E-state index is 10.5. The minimum Gasteiger partial charge on any atom is -0.493 e. The molecule has 0 unspecified atom stereocenters.